The summed E-state index contributed by atoms with van der Waals surface area (Å²) in [5.41, 5.74) is 2.45. The van der Waals surface area contributed by atoms with Crippen LogP contribution in [0.25, 0.3) is 11.5 Å². The number of aromatic amines is 1. The van der Waals surface area contributed by atoms with E-state index in [0.29, 0.717) is 29.1 Å². The number of benzene rings is 2. The zero-order chi connectivity index (χ0) is 22.5. The Morgan fingerprint density at radius 1 is 1.16 bits per heavy atom. The van der Waals surface area contributed by atoms with E-state index in [2.05, 4.69) is 15.5 Å². The Morgan fingerprint density at radius 2 is 1.84 bits per heavy atom. The summed E-state index contributed by atoms with van der Waals surface area (Å²) >= 11 is 12.0. The van der Waals surface area contributed by atoms with Gasteiger partial charge in [-0.2, -0.15) is 0 Å². The van der Waals surface area contributed by atoms with Crippen LogP contribution in [0.1, 0.15) is 18.4 Å². The summed E-state index contributed by atoms with van der Waals surface area (Å²) in [5, 5.41) is 10.5. The zero-order valence-corrected chi connectivity index (χ0v) is 18.7. The number of ether oxygens (including phenoxy) is 1. The molecule has 2 aromatic carbocycles. The zero-order valence-electron chi connectivity index (χ0n) is 17.1. The lowest BCUT2D eigenvalue weighted by atomic mass is 9.97. The van der Waals surface area contributed by atoms with Crippen LogP contribution in [0.2, 0.25) is 10.0 Å². The smallest absolute Gasteiger partial charge is 0.434 e. The number of hydrogen-bond acceptors (Lipinski definition) is 6. The summed E-state index contributed by atoms with van der Waals surface area (Å²) in [7, 11) is 0. The van der Waals surface area contributed by atoms with Crippen LogP contribution in [-0.4, -0.2) is 40.8 Å². The molecule has 1 saturated heterocycles. The van der Waals surface area contributed by atoms with Crippen LogP contribution < -0.4 is 11.1 Å². The van der Waals surface area contributed by atoms with Gasteiger partial charge in [-0.15, -0.1) is 5.10 Å². The fourth-order valence-corrected chi connectivity index (χ4v) is 4.17. The first-order valence-corrected chi connectivity index (χ1v) is 11.0. The SMILES string of the molecule is O=C(OCc1cc(Cl)cc(Cl)c1)N1CCC(CNc2ccc(-c3n[nH]c(=O)o3)cc2)CC1. The highest BCUT2D eigenvalue weighted by molar-refractivity contribution is 6.34. The van der Waals surface area contributed by atoms with Gasteiger partial charge in [0.05, 0.1) is 0 Å². The van der Waals surface area contributed by atoms with Crippen molar-refractivity contribution in [2.24, 2.45) is 5.92 Å². The Balaban J connectivity index is 1.20. The summed E-state index contributed by atoms with van der Waals surface area (Å²) in [5.74, 6) is 0.139. The second-order valence-electron chi connectivity index (χ2n) is 7.64. The van der Waals surface area contributed by atoms with Crippen molar-refractivity contribution < 1.29 is 13.9 Å². The summed E-state index contributed by atoms with van der Waals surface area (Å²) < 4.78 is 10.4. The Kier molecular flexibility index (Phi) is 7.02. The molecule has 2 N–H and O–H groups in total. The lowest BCUT2D eigenvalue weighted by Gasteiger charge is -2.31. The lowest BCUT2D eigenvalue weighted by molar-refractivity contribution is 0.0832. The minimum atomic E-state index is -0.578. The first-order valence-electron chi connectivity index (χ1n) is 10.2. The molecule has 1 aliphatic heterocycles. The normalized spacial score (nSPS) is 14.4. The predicted molar refractivity (Wildman–Crippen MR) is 122 cm³/mol. The van der Waals surface area contributed by atoms with Crippen molar-refractivity contribution in [2.75, 3.05) is 25.0 Å². The monoisotopic (exact) mass is 476 g/mol. The topological polar surface area (TPSA) is 100 Å². The van der Waals surface area contributed by atoms with Crippen molar-refractivity contribution in [3.8, 4) is 11.5 Å². The van der Waals surface area contributed by atoms with Crippen LogP contribution in [0.3, 0.4) is 0 Å². The van der Waals surface area contributed by atoms with Crippen LogP contribution >= 0.6 is 23.2 Å². The van der Waals surface area contributed by atoms with Gasteiger partial charge >= 0.3 is 11.8 Å². The molecule has 8 nitrogen and oxygen atoms in total. The van der Waals surface area contributed by atoms with Crippen molar-refractivity contribution >= 4 is 35.0 Å². The van der Waals surface area contributed by atoms with E-state index in [9.17, 15) is 9.59 Å². The van der Waals surface area contributed by atoms with Gasteiger partial charge in [0.1, 0.15) is 6.61 Å². The molecule has 0 spiro atoms. The van der Waals surface area contributed by atoms with Crippen LogP contribution in [0, 0.1) is 5.92 Å². The van der Waals surface area contributed by atoms with E-state index in [1.165, 1.54) is 0 Å². The van der Waals surface area contributed by atoms with Gasteiger partial charge < -0.3 is 19.4 Å². The van der Waals surface area contributed by atoms with Crippen LogP contribution in [0.5, 0.6) is 0 Å². The van der Waals surface area contributed by atoms with E-state index in [1.807, 2.05) is 24.3 Å². The van der Waals surface area contributed by atoms with Crippen molar-refractivity contribution in [1.82, 2.24) is 15.1 Å². The fourth-order valence-electron chi connectivity index (χ4n) is 3.60. The number of amides is 1. The lowest BCUT2D eigenvalue weighted by Crippen LogP contribution is -2.40. The van der Waals surface area contributed by atoms with Crippen LogP contribution in [0.15, 0.2) is 51.7 Å². The molecule has 2 heterocycles. The maximum atomic E-state index is 12.4. The first kappa shape index (κ1) is 22.2. The van der Waals surface area contributed by atoms with E-state index in [-0.39, 0.29) is 18.6 Å². The molecule has 0 saturated carbocycles. The van der Waals surface area contributed by atoms with Crippen LogP contribution in [0.4, 0.5) is 10.5 Å². The van der Waals surface area contributed by atoms with Gasteiger partial charge in [-0.1, -0.05) is 23.2 Å². The maximum Gasteiger partial charge on any atom is 0.434 e. The predicted octanol–water partition coefficient (Wildman–Crippen LogP) is 4.80. The van der Waals surface area contributed by atoms with E-state index in [0.717, 1.165) is 36.2 Å². The number of anilines is 1. The van der Waals surface area contributed by atoms with Crippen molar-refractivity contribution in [3.63, 3.8) is 0 Å². The van der Waals surface area contributed by atoms with E-state index in [4.69, 9.17) is 32.4 Å². The van der Waals surface area contributed by atoms with Gasteiger partial charge in [0.2, 0.25) is 5.89 Å². The average molecular weight is 477 g/mol. The van der Waals surface area contributed by atoms with E-state index >= 15 is 0 Å². The molecule has 3 aromatic rings. The molecule has 4 rings (SSSR count). The number of nitrogens with zero attached hydrogens (tertiary/aromatic N) is 2. The third kappa shape index (κ3) is 5.83. The highest BCUT2D eigenvalue weighted by atomic mass is 35.5. The summed E-state index contributed by atoms with van der Waals surface area (Å²) in [6.45, 7) is 2.25. The fraction of sp³-hybridized carbons (Fsp3) is 0.318. The number of rotatable bonds is 6. The Hall–Kier alpha value is -2.97. The van der Waals surface area contributed by atoms with E-state index in [1.54, 1.807) is 23.1 Å². The number of halogens is 2. The minimum absolute atomic E-state index is 0.137. The molecule has 0 atom stereocenters. The Bertz CT molecular complexity index is 1100. The molecule has 1 amide bonds. The molecule has 0 aliphatic carbocycles. The molecular formula is C22H22Cl2N4O4. The number of H-pyrrole nitrogens is 1. The maximum absolute atomic E-state index is 12.4. The van der Waals surface area contributed by atoms with Crippen molar-refractivity contribution in [2.45, 2.75) is 19.4 Å². The molecule has 168 valence electrons. The molecule has 1 aromatic heterocycles. The molecular weight excluding hydrogens is 455 g/mol. The quantitative estimate of drug-likeness (QED) is 0.529. The number of piperidine rings is 1. The second kappa shape index (κ2) is 10.1. The number of nitrogens with one attached hydrogen (secondary N) is 2. The minimum Gasteiger partial charge on any atom is -0.445 e. The number of aromatic nitrogens is 2. The molecule has 0 radical (unpaired) electrons. The molecule has 1 aliphatic rings. The molecule has 0 unspecified atom stereocenters. The summed E-state index contributed by atoms with van der Waals surface area (Å²) in [4.78, 5) is 25.2. The first-order chi connectivity index (χ1) is 15.5. The number of carbonyl (C=O) groups excluding carboxylic acids is 1. The Labute approximate surface area is 194 Å². The number of hydrogen-bond donors (Lipinski definition) is 2. The number of carbonyl (C=O) groups is 1. The number of likely N-dealkylation sites (tertiary alicyclic amines) is 1. The third-order valence-corrected chi connectivity index (χ3v) is 5.76. The second-order valence-corrected chi connectivity index (χ2v) is 8.51. The van der Waals surface area contributed by atoms with Gasteiger partial charge in [0, 0.05) is 40.9 Å². The molecule has 0 bridgehead atoms. The summed E-state index contributed by atoms with van der Waals surface area (Å²) in [6.07, 6.45) is 1.46. The van der Waals surface area contributed by atoms with Gasteiger partial charge in [0.15, 0.2) is 0 Å². The largest absolute Gasteiger partial charge is 0.445 e. The highest BCUT2D eigenvalue weighted by Crippen LogP contribution is 2.23. The summed E-state index contributed by atoms with van der Waals surface area (Å²) in [6, 6.07) is 12.6. The third-order valence-electron chi connectivity index (χ3n) is 5.32. The van der Waals surface area contributed by atoms with Crippen molar-refractivity contribution in [3.05, 3.63) is 68.6 Å². The Morgan fingerprint density at radius 3 is 2.47 bits per heavy atom. The highest BCUT2D eigenvalue weighted by Gasteiger charge is 2.23. The van der Waals surface area contributed by atoms with Gasteiger partial charge in [-0.25, -0.2) is 14.7 Å². The van der Waals surface area contributed by atoms with Crippen LogP contribution in [-0.2, 0) is 11.3 Å². The molecule has 10 heteroatoms. The van der Waals surface area contributed by atoms with E-state index < -0.39 is 5.76 Å². The van der Waals surface area contributed by atoms with Gasteiger partial charge in [0.25, 0.3) is 0 Å². The standard InChI is InChI=1S/C22H22Cl2N4O4/c23-17-9-15(10-18(24)11-17)13-31-22(30)28-7-5-14(6-8-28)12-25-19-3-1-16(2-4-19)20-26-27-21(29)32-20/h1-4,9-11,14,25H,5-8,12-13H2,(H,27,29). The molecule has 32 heavy (non-hydrogen) atoms. The van der Waals surface area contributed by atoms with Crippen molar-refractivity contribution in [1.29, 1.82) is 0 Å². The average Bonchev–Trinajstić information content (AvgIpc) is 3.22. The van der Waals surface area contributed by atoms with Gasteiger partial charge in [-0.05, 0) is 66.8 Å². The van der Waals surface area contributed by atoms with Gasteiger partial charge in [-0.3, -0.25) is 0 Å². The molecule has 1 fully saturated rings.